The summed E-state index contributed by atoms with van der Waals surface area (Å²) in [7, 11) is 0. The van der Waals surface area contributed by atoms with Crippen molar-refractivity contribution in [3.05, 3.63) is 40.4 Å². The van der Waals surface area contributed by atoms with Crippen LogP contribution < -0.4 is 10.6 Å². The van der Waals surface area contributed by atoms with Crippen molar-refractivity contribution in [1.82, 2.24) is 15.6 Å². The quantitative estimate of drug-likeness (QED) is 0.721. The van der Waals surface area contributed by atoms with Crippen LogP contribution in [0, 0.1) is 19.8 Å². The van der Waals surface area contributed by atoms with Crippen molar-refractivity contribution in [3.63, 3.8) is 0 Å². The number of halogens is 1. The number of thiazole rings is 1. The Hall–Kier alpha value is -1.43. The summed E-state index contributed by atoms with van der Waals surface area (Å²) in [6, 6.07) is 9.75. The number of aromatic nitrogens is 1. The van der Waals surface area contributed by atoms with Gasteiger partial charge < -0.3 is 10.6 Å². The number of piperidine rings is 1. The summed E-state index contributed by atoms with van der Waals surface area (Å²) >= 11 is 1.69. The van der Waals surface area contributed by atoms with Crippen molar-refractivity contribution >= 4 is 29.7 Å². The number of benzene rings is 1. The highest BCUT2D eigenvalue weighted by atomic mass is 35.5. The minimum atomic E-state index is 0. The lowest BCUT2D eigenvalue weighted by molar-refractivity contribution is -0.122. The van der Waals surface area contributed by atoms with Gasteiger partial charge in [0.15, 0.2) is 0 Å². The average molecular weight is 420 g/mol. The largest absolute Gasteiger partial charge is 0.349 e. The normalized spacial score (nSPS) is 24.5. The second-order valence-electron chi connectivity index (χ2n) is 8.30. The summed E-state index contributed by atoms with van der Waals surface area (Å²) in [5.74, 6) is 0.708. The highest BCUT2D eigenvalue weighted by Crippen LogP contribution is 2.34. The topological polar surface area (TPSA) is 54.0 Å². The van der Waals surface area contributed by atoms with Gasteiger partial charge in [0, 0.05) is 24.1 Å². The van der Waals surface area contributed by atoms with Crippen LogP contribution in [0.25, 0.3) is 10.6 Å². The minimum absolute atomic E-state index is 0. The lowest BCUT2D eigenvalue weighted by Gasteiger charge is -2.29. The lowest BCUT2D eigenvalue weighted by Crippen LogP contribution is -2.40. The van der Waals surface area contributed by atoms with E-state index in [4.69, 9.17) is 4.98 Å². The van der Waals surface area contributed by atoms with Crippen molar-refractivity contribution in [2.24, 2.45) is 5.92 Å². The molecular formula is C22H30ClN3OS. The van der Waals surface area contributed by atoms with Crippen LogP contribution in [0.4, 0.5) is 0 Å². The first-order valence-corrected chi connectivity index (χ1v) is 10.9. The number of aryl methyl sites for hydroxylation is 2. The van der Waals surface area contributed by atoms with E-state index in [-0.39, 0.29) is 24.4 Å². The van der Waals surface area contributed by atoms with Crippen LogP contribution in [0.1, 0.15) is 61.2 Å². The first-order valence-electron chi connectivity index (χ1n) is 10.1. The standard InChI is InChI=1S/C22H29N3OS.ClH/c1-13-4-6-17(7-5-13)22-24-15(3)21(27-22)14(2)23-20(26)12-16-10-18-8-9-19(11-16)25-18;/h4-7,14,16,18-19,25H,8-12H2,1-3H3,(H,23,26);1H. The van der Waals surface area contributed by atoms with E-state index in [2.05, 4.69) is 48.7 Å². The van der Waals surface area contributed by atoms with Crippen LogP contribution in [-0.4, -0.2) is 23.0 Å². The van der Waals surface area contributed by atoms with Crippen molar-refractivity contribution in [2.45, 2.75) is 71.0 Å². The van der Waals surface area contributed by atoms with Crippen LogP contribution in [-0.2, 0) is 4.79 Å². The SMILES string of the molecule is Cc1ccc(-c2nc(C)c(C(C)NC(=O)CC3CC4CCC(C3)N4)s2)cc1.Cl. The number of fused-ring (bicyclic) bond motifs is 2. The Kier molecular flexibility index (Phi) is 6.79. The Bertz CT molecular complexity index is 808. The van der Waals surface area contributed by atoms with Crippen LogP contribution in [0.2, 0.25) is 0 Å². The van der Waals surface area contributed by atoms with E-state index >= 15 is 0 Å². The molecule has 28 heavy (non-hydrogen) atoms. The van der Waals surface area contributed by atoms with Gasteiger partial charge >= 0.3 is 0 Å². The number of nitrogens with one attached hydrogen (secondary N) is 2. The monoisotopic (exact) mass is 419 g/mol. The van der Waals surface area contributed by atoms with Crippen molar-refractivity contribution in [3.8, 4) is 10.6 Å². The van der Waals surface area contributed by atoms with Gasteiger partial charge in [0.2, 0.25) is 5.91 Å². The fourth-order valence-corrected chi connectivity index (χ4v) is 5.67. The van der Waals surface area contributed by atoms with Crippen LogP contribution >= 0.6 is 23.7 Å². The Morgan fingerprint density at radius 1 is 1.21 bits per heavy atom. The molecule has 0 saturated carbocycles. The van der Waals surface area contributed by atoms with Gasteiger partial charge in [-0.25, -0.2) is 4.98 Å². The molecule has 6 heteroatoms. The molecule has 2 saturated heterocycles. The third-order valence-electron chi connectivity index (χ3n) is 5.95. The highest BCUT2D eigenvalue weighted by Gasteiger charge is 2.34. The van der Waals surface area contributed by atoms with Gasteiger partial charge in [-0.15, -0.1) is 23.7 Å². The van der Waals surface area contributed by atoms with Gasteiger partial charge in [-0.2, -0.15) is 0 Å². The predicted octanol–water partition coefficient (Wildman–Crippen LogP) is 4.95. The molecule has 4 rings (SSSR count). The molecule has 2 N–H and O–H groups in total. The van der Waals surface area contributed by atoms with Gasteiger partial charge in [0.25, 0.3) is 0 Å². The number of amides is 1. The average Bonchev–Trinajstić information content (AvgIpc) is 3.17. The molecule has 4 nitrogen and oxygen atoms in total. The molecule has 1 amide bonds. The molecule has 0 radical (unpaired) electrons. The first kappa shape index (κ1) is 21.3. The molecule has 0 spiro atoms. The maximum Gasteiger partial charge on any atom is 0.220 e. The number of hydrogen-bond donors (Lipinski definition) is 2. The van der Waals surface area contributed by atoms with Gasteiger partial charge in [0.1, 0.15) is 5.01 Å². The van der Waals surface area contributed by atoms with Crippen LogP contribution in [0.3, 0.4) is 0 Å². The molecule has 3 unspecified atom stereocenters. The van der Waals surface area contributed by atoms with E-state index in [0.717, 1.165) is 34.0 Å². The molecule has 0 aliphatic carbocycles. The minimum Gasteiger partial charge on any atom is -0.349 e. The van der Waals surface area contributed by atoms with E-state index in [1.54, 1.807) is 11.3 Å². The zero-order chi connectivity index (χ0) is 19.0. The lowest BCUT2D eigenvalue weighted by atomic mass is 9.89. The Morgan fingerprint density at radius 2 is 1.86 bits per heavy atom. The number of carbonyl (C=O) groups is 1. The van der Waals surface area contributed by atoms with E-state index in [9.17, 15) is 4.79 Å². The van der Waals surface area contributed by atoms with E-state index in [1.165, 1.54) is 18.4 Å². The van der Waals surface area contributed by atoms with Gasteiger partial charge in [-0.1, -0.05) is 29.8 Å². The molecular weight excluding hydrogens is 390 g/mol. The second-order valence-corrected chi connectivity index (χ2v) is 9.33. The maximum absolute atomic E-state index is 12.6. The van der Waals surface area contributed by atoms with Gasteiger partial charge in [-0.3, -0.25) is 4.79 Å². The number of carbonyl (C=O) groups excluding carboxylic acids is 1. The highest BCUT2D eigenvalue weighted by molar-refractivity contribution is 7.15. The fraction of sp³-hybridized carbons (Fsp3) is 0.545. The van der Waals surface area contributed by atoms with Gasteiger partial charge in [-0.05, 0) is 52.4 Å². The third-order valence-corrected chi connectivity index (χ3v) is 7.34. The van der Waals surface area contributed by atoms with Crippen molar-refractivity contribution < 1.29 is 4.79 Å². The maximum atomic E-state index is 12.6. The summed E-state index contributed by atoms with van der Waals surface area (Å²) in [4.78, 5) is 18.5. The summed E-state index contributed by atoms with van der Waals surface area (Å²) in [6.45, 7) is 6.20. The summed E-state index contributed by atoms with van der Waals surface area (Å²) < 4.78 is 0. The summed E-state index contributed by atoms with van der Waals surface area (Å²) in [6.07, 6.45) is 5.51. The van der Waals surface area contributed by atoms with E-state index in [1.807, 2.05) is 6.92 Å². The molecule has 2 fully saturated rings. The molecule has 2 aromatic rings. The van der Waals surface area contributed by atoms with Crippen LogP contribution in [0.15, 0.2) is 24.3 Å². The Morgan fingerprint density at radius 3 is 2.50 bits per heavy atom. The summed E-state index contributed by atoms with van der Waals surface area (Å²) in [5, 5.41) is 7.90. The number of rotatable bonds is 5. The zero-order valence-corrected chi connectivity index (χ0v) is 18.5. The molecule has 3 heterocycles. The van der Waals surface area contributed by atoms with E-state index < -0.39 is 0 Å². The molecule has 2 aliphatic heterocycles. The molecule has 2 aliphatic rings. The van der Waals surface area contributed by atoms with E-state index in [0.29, 0.717) is 24.4 Å². The van der Waals surface area contributed by atoms with Crippen molar-refractivity contribution in [1.29, 1.82) is 0 Å². The van der Waals surface area contributed by atoms with Gasteiger partial charge in [0.05, 0.1) is 16.6 Å². The Labute approximate surface area is 177 Å². The van der Waals surface area contributed by atoms with Crippen molar-refractivity contribution in [2.75, 3.05) is 0 Å². The predicted molar refractivity (Wildman–Crippen MR) is 118 cm³/mol. The number of nitrogens with zero attached hydrogens (tertiary/aromatic N) is 1. The summed E-state index contributed by atoms with van der Waals surface area (Å²) in [5.41, 5.74) is 3.41. The third kappa shape index (κ3) is 4.76. The molecule has 3 atom stereocenters. The smallest absolute Gasteiger partial charge is 0.220 e. The first-order chi connectivity index (χ1) is 13.0. The molecule has 1 aromatic carbocycles. The fourth-order valence-electron chi connectivity index (χ4n) is 4.60. The van der Waals surface area contributed by atoms with Crippen LogP contribution in [0.5, 0.6) is 0 Å². The molecule has 1 aromatic heterocycles. The molecule has 152 valence electrons. The zero-order valence-electron chi connectivity index (χ0n) is 16.8. The second kappa shape index (κ2) is 8.93. The number of hydrogen-bond acceptors (Lipinski definition) is 4. The molecule has 2 bridgehead atoms. The Balaban J connectivity index is 0.00000225.